The number of nitrogens with two attached hydrogens (primary N) is 1. The minimum atomic E-state index is -4.65. The van der Waals surface area contributed by atoms with E-state index >= 15 is 0 Å². The van der Waals surface area contributed by atoms with Gasteiger partial charge in [0.2, 0.25) is 23.9 Å². The Hall–Kier alpha value is -6.30. The number of halogens is 8. The number of hydrogen-bond donors (Lipinski definition) is 4. The molecule has 6 rings (SSSR count). The topological polar surface area (TPSA) is 131 Å². The summed E-state index contributed by atoms with van der Waals surface area (Å²) in [6, 6.07) is 16.3. The van der Waals surface area contributed by atoms with Crippen molar-refractivity contribution in [2.24, 2.45) is 5.73 Å². The van der Waals surface area contributed by atoms with Crippen LogP contribution in [0.25, 0.3) is 10.9 Å². The quantitative estimate of drug-likeness (QED) is 0.0645. The van der Waals surface area contributed by atoms with Crippen LogP contribution in [0.2, 0.25) is 0 Å². The van der Waals surface area contributed by atoms with Crippen molar-refractivity contribution in [2.75, 3.05) is 18.4 Å². The molecule has 0 aliphatic carbocycles. The fraction of sp³-hybridized carbons (Fsp3) is 0.167. The van der Waals surface area contributed by atoms with Gasteiger partial charge in [-0.15, -0.1) is 0 Å². The number of hydrogen-bond acceptors (Lipinski definition) is 8. The standard InChI is InChI=1S/C22H16F5N4O2.C14H14F3N2O2/c23-16-5-6-17(24)20-19(16)21(30-12-29-20)28-9-7-13-1-3-14(4-2-13)33-18-11-31(32)10-8-15(18)22(25,26)27;15-14(16,17)12-6-8-19(20)9-13(12)21-11-3-1-10(2-4-11)5-7-18/h1-6,8,10-12,32H,7,9H2,(H,28,29,30);1-4,6,8-9,20H,5,7,18H2/q2*+1. The van der Waals surface area contributed by atoms with Crippen molar-refractivity contribution < 1.29 is 64.5 Å². The molecule has 10 nitrogen and oxygen atoms in total. The minimum absolute atomic E-state index is 0.0503. The van der Waals surface area contributed by atoms with Gasteiger partial charge in [0.15, 0.2) is 0 Å². The molecule has 3 heterocycles. The van der Waals surface area contributed by atoms with Crippen LogP contribution in [-0.2, 0) is 25.2 Å². The molecule has 0 aliphatic rings. The van der Waals surface area contributed by atoms with E-state index in [0.717, 1.165) is 60.4 Å². The Morgan fingerprint density at radius 2 is 1.13 bits per heavy atom. The Balaban J connectivity index is 0.000000230. The van der Waals surface area contributed by atoms with E-state index in [-0.39, 0.29) is 28.2 Å². The molecule has 0 amide bonds. The van der Waals surface area contributed by atoms with Crippen LogP contribution in [-0.4, -0.2) is 33.5 Å². The number of ether oxygens (including phenoxy) is 2. The number of anilines is 1. The molecular formula is C36H30F8N6O4+2. The van der Waals surface area contributed by atoms with E-state index in [1.807, 2.05) is 0 Å². The normalized spacial score (nSPS) is 11.5. The third kappa shape index (κ3) is 9.97. The highest BCUT2D eigenvalue weighted by Crippen LogP contribution is 2.38. The number of alkyl halides is 6. The van der Waals surface area contributed by atoms with Gasteiger partial charge in [0.05, 0.1) is 5.39 Å². The van der Waals surface area contributed by atoms with Crippen molar-refractivity contribution in [3.05, 3.63) is 138 Å². The summed E-state index contributed by atoms with van der Waals surface area (Å²) in [6.45, 7) is 0.811. The Labute approximate surface area is 301 Å². The molecule has 5 N–H and O–H groups in total. The second kappa shape index (κ2) is 16.6. The average Bonchev–Trinajstić information content (AvgIpc) is 3.11. The van der Waals surface area contributed by atoms with Crippen LogP contribution >= 0.6 is 0 Å². The Kier molecular flexibility index (Phi) is 11.9. The Bertz CT molecular complexity index is 2200. The van der Waals surface area contributed by atoms with Gasteiger partial charge in [0, 0.05) is 28.1 Å². The number of nitrogens with zero attached hydrogens (tertiary/aromatic N) is 4. The van der Waals surface area contributed by atoms with E-state index in [1.54, 1.807) is 36.4 Å². The van der Waals surface area contributed by atoms with Gasteiger partial charge in [-0.05, 0) is 66.9 Å². The number of rotatable bonds is 10. The van der Waals surface area contributed by atoms with Gasteiger partial charge in [-0.3, -0.25) is 10.4 Å². The maximum Gasteiger partial charge on any atom is 0.420 e. The molecule has 0 saturated carbocycles. The first-order valence-electron chi connectivity index (χ1n) is 15.8. The third-order valence-electron chi connectivity index (χ3n) is 7.56. The van der Waals surface area contributed by atoms with Crippen LogP contribution in [0.4, 0.5) is 40.9 Å². The highest BCUT2D eigenvalue weighted by atomic mass is 19.4. The zero-order chi connectivity index (χ0) is 39.0. The van der Waals surface area contributed by atoms with Crippen molar-refractivity contribution in [1.82, 2.24) is 9.97 Å². The van der Waals surface area contributed by atoms with Gasteiger partial charge in [-0.2, -0.15) is 26.3 Å². The van der Waals surface area contributed by atoms with Crippen molar-refractivity contribution >= 4 is 16.7 Å². The lowest BCUT2D eigenvalue weighted by Gasteiger charge is -2.12. The smallest absolute Gasteiger partial charge is 0.420 e. The molecule has 0 saturated heterocycles. The molecular weight excluding hydrogens is 732 g/mol. The minimum Gasteiger partial charge on any atom is -0.450 e. The van der Waals surface area contributed by atoms with E-state index in [2.05, 4.69) is 15.3 Å². The predicted molar refractivity (Wildman–Crippen MR) is 175 cm³/mol. The van der Waals surface area contributed by atoms with Gasteiger partial charge in [-0.25, -0.2) is 18.7 Å². The van der Waals surface area contributed by atoms with Crippen LogP contribution < -0.4 is 30.0 Å². The van der Waals surface area contributed by atoms with Gasteiger partial charge in [-0.1, -0.05) is 24.3 Å². The highest BCUT2D eigenvalue weighted by Gasteiger charge is 2.37. The van der Waals surface area contributed by atoms with E-state index in [9.17, 15) is 45.5 Å². The van der Waals surface area contributed by atoms with E-state index in [4.69, 9.17) is 15.2 Å². The highest BCUT2D eigenvalue weighted by molar-refractivity contribution is 5.89. The summed E-state index contributed by atoms with van der Waals surface area (Å²) in [5, 5.41) is 21.6. The molecule has 0 aliphatic heterocycles. The number of fused-ring (bicyclic) bond motifs is 1. The van der Waals surface area contributed by atoms with Gasteiger partial charge in [0.1, 0.15) is 51.9 Å². The first-order chi connectivity index (χ1) is 25.6. The zero-order valence-electron chi connectivity index (χ0n) is 27.7. The zero-order valence-corrected chi connectivity index (χ0v) is 27.7. The monoisotopic (exact) mass is 762 g/mol. The summed E-state index contributed by atoms with van der Waals surface area (Å²) < 4.78 is 118. The third-order valence-corrected chi connectivity index (χ3v) is 7.56. The van der Waals surface area contributed by atoms with Crippen LogP contribution in [0.15, 0.2) is 104 Å². The summed E-state index contributed by atoms with van der Waals surface area (Å²) in [7, 11) is 0. The molecule has 0 bridgehead atoms. The number of pyridine rings is 2. The summed E-state index contributed by atoms with van der Waals surface area (Å²) in [5.74, 6) is -1.80. The fourth-order valence-corrected chi connectivity index (χ4v) is 4.99. The van der Waals surface area contributed by atoms with Gasteiger partial charge >= 0.3 is 12.4 Å². The summed E-state index contributed by atoms with van der Waals surface area (Å²) in [6.07, 6.45) is -3.53. The second-order valence-electron chi connectivity index (χ2n) is 11.4. The van der Waals surface area contributed by atoms with Crippen LogP contribution in [0, 0.1) is 11.6 Å². The lowest BCUT2D eigenvalue weighted by Crippen LogP contribution is -2.29. The SMILES string of the molecule is NCCc1ccc(Oc2c[n+](O)ccc2C(F)(F)F)cc1.O[n+]1ccc(C(F)(F)F)c(Oc2ccc(CCNc3ncnc4c(F)ccc(F)c34)cc2)c1. The van der Waals surface area contributed by atoms with Crippen molar-refractivity contribution in [1.29, 1.82) is 0 Å². The first-order valence-corrected chi connectivity index (χ1v) is 15.8. The lowest BCUT2D eigenvalue weighted by molar-refractivity contribution is -0.905. The van der Waals surface area contributed by atoms with Gasteiger partial charge < -0.3 is 20.5 Å². The van der Waals surface area contributed by atoms with Crippen LogP contribution in [0.5, 0.6) is 23.0 Å². The molecule has 0 fully saturated rings. The summed E-state index contributed by atoms with van der Waals surface area (Å²) in [5.41, 5.74) is 5.08. The summed E-state index contributed by atoms with van der Waals surface area (Å²) in [4.78, 5) is 7.74. The number of benzene rings is 3. The second-order valence-corrected chi connectivity index (χ2v) is 11.4. The summed E-state index contributed by atoms with van der Waals surface area (Å²) >= 11 is 0. The van der Waals surface area contributed by atoms with Crippen molar-refractivity contribution in [2.45, 2.75) is 25.2 Å². The van der Waals surface area contributed by atoms with Crippen LogP contribution in [0.1, 0.15) is 22.3 Å². The molecule has 0 atom stereocenters. The Morgan fingerprint density at radius 1 is 0.648 bits per heavy atom. The molecule has 54 heavy (non-hydrogen) atoms. The molecule has 0 unspecified atom stereocenters. The van der Waals surface area contributed by atoms with Crippen molar-refractivity contribution in [3.63, 3.8) is 0 Å². The van der Waals surface area contributed by atoms with Gasteiger partial charge in [0.25, 0.3) is 12.4 Å². The molecule has 3 aromatic heterocycles. The maximum atomic E-state index is 14.1. The molecule has 282 valence electrons. The maximum absolute atomic E-state index is 14.1. The lowest BCUT2D eigenvalue weighted by atomic mass is 10.1. The molecule has 0 radical (unpaired) electrons. The molecule has 0 spiro atoms. The fourth-order valence-electron chi connectivity index (χ4n) is 4.99. The first kappa shape index (κ1) is 38.9. The largest absolute Gasteiger partial charge is 0.450 e. The van der Waals surface area contributed by atoms with Crippen molar-refractivity contribution in [3.8, 4) is 23.0 Å². The number of nitrogens with one attached hydrogen (secondary N) is 1. The predicted octanol–water partition coefficient (Wildman–Crippen LogP) is 7.42. The Morgan fingerprint density at radius 3 is 1.61 bits per heavy atom. The van der Waals surface area contributed by atoms with E-state index in [0.29, 0.717) is 41.5 Å². The average molecular weight is 763 g/mol. The van der Waals surface area contributed by atoms with E-state index < -0.39 is 46.6 Å². The number of aromatic nitrogens is 4. The van der Waals surface area contributed by atoms with E-state index in [1.165, 1.54) is 12.1 Å². The van der Waals surface area contributed by atoms with Crippen LogP contribution in [0.3, 0.4) is 0 Å². The molecule has 3 aromatic carbocycles. The molecule has 18 heteroatoms. The molecule has 6 aromatic rings.